The van der Waals surface area contributed by atoms with Gasteiger partial charge in [0.2, 0.25) is 0 Å². The van der Waals surface area contributed by atoms with Crippen LogP contribution in [0.3, 0.4) is 0 Å². The monoisotopic (exact) mass is 338 g/mol. The number of hydrogen-bond donors (Lipinski definition) is 1. The van der Waals surface area contributed by atoms with E-state index >= 15 is 0 Å². The molecule has 1 atom stereocenters. The maximum absolute atomic E-state index is 9.58. The summed E-state index contributed by atoms with van der Waals surface area (Å²) in [5.74, 6) is 0.745. The van der Waals surface area contributed by atoms with E-state index in [1.54, 1.807) is 6.92 Å². The number of rotatable bonds is 5. The van der Waals surface area contributed by atoms with E-state index in [0.29, 0.717) is 6.61 Å². The van der Waals surface area contributed by atoms with Crippen molar-refractivity contribution in [3.05, 3.63) is 45.7 Å². The number of aryl methyl sites for hydroxylation is 2. The molecule has 0 aliphatic rings. The second kappa shape index (κ2) is 6.41. The van der Waals surface area contributed by atoms with Crippen molar-refractivity contribution in [2.75, 3.05) is 0 Å². The lowest BCUT2D eigenvalue weighted by molar-refractivity contribution is 0.198. The van der Waals surface area contributed by atoms with Crippen molar-refractivity contribution in [2.24, 2.45) is 7.05 Å². The maximum atomic E-state index is 9.58. The molecule has 0 aliphatic carbocycles. The summed E-state index contributed by atoms with van der Waals surface area (Å²) in [5, 5.41) is 14.0. The van der Waals surface area contributed by atoms with Gasteiger partial charge in [-0.25, -0.2) is 0 Å². The minimum atomic E-state index is -0.492. The van der Waals surface area contributed by atoms with Crippen LogP contribution in [-0.2, 0) is 20.1 Å². The molecule has 1 heterocycles. The van der Waals surface area contributed by atoms with Crippen LogP contribution >= 0.6 is 15.9 Å². The second-order valence-corrected chi connectivity index (χ2v) is 5.51. The third-order valence-electron chi connectivity index (χ3n) is 3.22. The van der Waals surface area contributed by atoms with Gasteiger partial charge in [0.25, 0.3) is 0 Å². The van der Waals surface area contributed by atoms with Crippen LogP contribution in [0.2, 0.25) is 0 Å². The first kappa shape index (κ1) is 15.1. The number of nitrogens with zero attached hydrogens (tertiary/aromatic N) is 2. The number of benzene rings is 1. The summed E-state index contributed by atoms with van der Waals surface area (Å²) in [5.41, 5.74) is 2.88. The van der Waals surface area contributed by atoms with Gasteiger partial charge in [-0.15, -0.1) is 0 Å². The van der Waals surface area contributed by atoms with Crippen LogP contribution in [0.25, 0.3) is 0 Å². The van der Waals surface area contributed by atoms with Gasteiger partial charge in [-0.1, -0.05) is 19.1 Å². The minimum absolute atomic E-state index is 0.438. The number of ether oxygens (including phenoxy) is 1. The molecule has 0 spiro atoms. The highest BCUT2D eigenvalue weighted by atomic mass is 79.9. The van der Waals surface area contributed by atoms with Gasteiger partial charge in [0, 0.05) is 7.05 Å². The molecule has 0 radical (unpaired) electrons. The Labute approximate surface area is 127 Å². The first-order valence-corrected chi connectivity index (χ1v) is 7.43. The summed E-state index contributed by atoms with van der Waals surface area (Å²) < 4.78 is 8.64. The van der Waals surface area contributed by atoms with Crippen LogP contribution < -0.4 is 4.74 Å². The molecule has 20 heavy (non-hydrogen) atoms. The number of aliphatic hydroxyl groups excluding tert-OH is 1. The van der Waals surface area contributed by atoms with E-state index in [4.69, 9.17) is 4.74 Å². The lowest BCUT2D eigenvalue weighted by Crippen LogP contribution is -2.04. The van der Waals surface area contributed by atoms with Crippen LogP contribution in [0.5, 0.6) is 5.75 Å². The van der Waals surface area contributed by atoms with Crippen LogP contribution in [0.1, 0.15) is 36.9 Å². The molecule has 2 rings (SSSR count). The Bertz CT molecular complexity index is 594. The van der Waals surface area contributed by atoms with Crippen LogP contribution in [0, 0.1) is 0 Å². The van der Waals surface area contributed by atoms with Gasteiger partial charge in [0.15, 0.2) is 0 Å². The first-order valence-electron chi connectivity index (χ1n) is 6.64. The van der Waals surface area contributed by atoms with E-state index in [0.717, 1.165) is 33.6 Å². The van der Waals surface area contributed by atoms with Crippen molar-refractivity contribution in [1.29, 1.82) is 0 Å². The summed E-state index contributed by atoms with van der Waals surface area (Å²) in [6, 6.07) is 7.51. The molecule has 1 aromatic heterocycles. The highest BCUT2D eigenvalue weighted by molar-refractivity contribution is 9.10. The number of aromatic nitrogens is 2. The maximum Gasteiger partial charge on any atom is 0.131 e. The molecule has 2 aromatic rings. The topological polar surface area (TPSA) is 47.3 Å². The predicted molar refractivity (Wildman–Crippen MR) is 81.7 cm³/mol. The standard InChI is InChI=1S/C15H19BrN2O2/c1-4-13-15(16)14(18(3)17-13)9-20-12-7-5-6-11(8-12)10(2)19/h5-8,10,19H,4,9H2,1-3H3/t10-/m1/s1. The zero-order chi connectivity index (χ0) is 14.7. The molecule has 0 unspecified atom stereocenters. The zero-order valence-corrected chi connectivity index (χ0v) is 13.5. The van der Waals surface area contributed by atoms with Gasteiger partial charge in [-0.3, -0.25) is 4.68 Å². The Morgan fingerprint density at radius 1 is 1.45 bits per heavy atom. The number of halogens is 1. The quantitative estimate of drug-likeness (QED) is 0.908. The molecule has 0 bridgehead atoms. The van der Waals surface area contributed by atoms with Crippen molar-refractivity contribution >= 4 is 15.9 Å². The average Bonchev–Trinajstić information content (AvgIpc) is 2.71. The van der Waals surface area contributed by atoms with E-state index in [-0.39, 0.29) is 0 Å². The Kier molecular flexibility index (Phi) is 4.83. The molecule has 0 aliphatic heterocycles. The average molecular weight is 339 g/mol. The van der Waals surface area contributed by atoms with Crippen molar-refractivity contribution < 1.29 is 9.84 Å². The number of aliphatic hydroxyl groups is 1. The van der Waals surface area contributed by atoms with E-state index in [2.05, 4.69) is 28.0 Å². The summed E-state index contributed by atoms with van der Waals surface area (Å²) >= 11 is 3.57. The Balaban J connectivity index is 2.13. The third kappa shape index (κ3) is 3.22. The van der Waals surface area contributed by atoms with E-state index in [9.17, 15) is 5.11 Å². The lowest BCUT2D eigenvalue weighted by Gasteiger charge is -2.10. The van der Waals surface area contributed by atoms with Crippen molar-refractivity contribution in [3.8, 4) is 5.75 Å². The third-order valence-corrected chi connectivity index (χ3v) is 4.13. The van der Waals surface area contributed by atoms with E-state index in [1.165, 1.54) is 0 Å². The molecule has 0 amide bonds. The number of hydrogen-bond acceptors (Lipinski definition) is 3. The molecule has 0 saturated carbocycles. The van der Waals surface area contributed by atoms with Gasteiger partial charge in [-0.2, -0.15) is 5.10 Å². The summed E-state index contributed by atoms with van der Waals surface area (Å²) in [7, 11) is 1.91. The Morgan fingerprint density at radius 2 is 2.20 bits per heavy atom. The Morgan fingerprint density at radius 3 is 2.80 bits per heavy atom. The fraction of sp³-hybridized carbons (Fsp3) is 0.400. The molecule has 1 aromatic carbocycles. The summed E-state index contributed by atoms with van der Waals surface area (Å²) in [4.78, 5) is 0. The second-order valence-electron chi connectivity index (χ2n) is 4.72. The van der Waals surface area contributed by atoms with Crippen LogP contribution in [0.4, 0.5) is 0 Å². The smallest absolute Gasteiger partial charge is 0.131 e. The van der Waals surface area contributed by atoms with E-state index < -0.39 is 6.10 Å². The molecule has 5 heteroatoms. The fourth-order valence-corrected chi connectivity index (χ4v) is 2.72. The zero-order valence-electron chi connectivity index (χ0n) is 11.9. The SMILES string of the molecule is CCc1nn(C)c(COc2cccc([C@@H](C)O)c2)c1Br. The van der Waals surface area contributed by atoms with Gasteiger partial charge in [-0.05, 0) is 47.0 Å². The van der Waals surface area contributed by atoms with Crippen LogP contribution in [-0.4, -0.2) is 14.9 Å². The van der Waals surface area contributed by atoms with E-state index in [1.807, 2.05) is 36.0 Å². The lowest BCUT2D eigenvalue weighted by atomic mass is 10.1. The van der Waals surface area contributed by atoms with Crippen molar-refractivity contribution in [2.45, 2.75) is 33.0 Å². The summed E-state index contributed by atoms with van der Waals surface area (Å²) in [6.07, 6.45) is 0.389. The van der Waals surface area contributed by atoms with Gasteiger partial charge < -0.3 is 9.84 Å². The summed E-state index contributed by atoms with van der Waals surface area (Å²) in [6.45, 7) is 4.25. The molecular weight excluding hydrogens is 320 g/mol. The highest BCUT2D eigenvalue weighted by Crippen LogP contribution is 2.24. The first-order chi connectivity index (χ1) is 9.52. The predicted octanol–water partition coefficient (Wildman–Crippen LogP) is 3.38. The largest absolute Gasteiger partial charge is 0.487 e. The molecular formula is C15H19BrN2O2. The minimum Gasteiger partial charge on any atom is -0.487 e. The molecule has 4 nitrogen and oxygen atoms in total. The fourth-order valence-electron chi connectivity index (χ4n) is 1.99. The highest BCUT2D eigenvalue weighted by Gasteiger charge is 2.13. The van der Waals surface area contributed by atoms with Crippen molar-refractivity contribution in [1.82, 2.24) is 9.78 Å². The van der Waals surface area contributed by atoms with Gasteiger partial charge >= 0.3 is 0 Å². The normalized spacial score (nSPS) is 12.4. The van der Waals surface area contributed by atoms with Gasteiger partial charge in [0.1, 0.15) is 12.4 Å². The van der Waals surface area contributed by atoms with Crippen LogP contribution in [0.15, 0.2) is 28.7 Å². The van der Waals surface area contributed by atoms with Gasteiger partial charge in [0.05, 0.1) is 22.0 Å². The molecule has 0 saturated heterocycles. The molecule has 0 fully saturated rings. The van der Waals surface area contributed by atoms with Crippen molar-refractivity contribution in [3.63, 3.8) is 0 Å². The molecule has 108 valence electrons. The Hall–Kier alpha value is -1.33. The molecule has 1 N–H and O–H groups in total.